The second kappa shape index (κ2) is 7.56. The van der Waals surface area contributed by atoms with Gasteiger partial charge in [-0.2, -0.15) is 26.3 Å². The predicted molar refractivity (Wildman–Crippen MR) is 94.6 cm³/mol. The van der Waals surface area contributed by atoms with Crippen molar-refractivity contribution in [2.75, 3.05) is 5.73 Å². The SMILES string of the molecule is CC(Sc1nc(N)cc(Cl)n1)c1cc2c(C(C(F)(F)F)C(F)(F)F)coc2cn1. The Kier molecular flexibility index (Phi) is 5.60. The zero-order valence-corrected chi connectivity index (χ0v) is 15.9. The summed E-state index contributed by atoms with van der Waals surface area (Å²) in [6, 6.07) is 2.46. The van der Waals surface area contributed by atoms with E-state index in [9.17, 15) is 26.3 Å². The molecule has 29 heavy (non-hydrogen) atoms. The van der Waals surface area contributed by atoms with Crippen LogP contribution in [0.4, 0.5) is 32.2 Å². The van der Waals surface area contributed by atoms with Crippen LogP contribution in [-0.4, -0.2) is 27.3 Å². The molecule has 1 unspecified atom stereocenters. The summed E-state index contributed by atoms with van der Waals surface area (Å²) >= 11 is 6.84. The number of alkyl halides is 6. The van der Waals surface area contributed by atoms with E-state index in [-0.39, 0.29) is 32.8 Å². The molecule has 0 spiro atoms. The maximum atomic E-state index is 13.1. The summed E-state index contributed by atoms with van der Waals surface area (Å²) in [5, 5.41) is -0.588. The third kappa shape index (κ3) is 4.69. The molecule has 3 aromatic heterocycles. The second-order valence-electron chi connectivity index (χ2n) is 5.97. The quantitative estimate of drug-likeness (QED) is 0.227. The van der Waals surface area contributed by atoms with Gasteiger partial charge in [0.1, 0.15) is 11.0 Å². The number of rotatable bonds is 4. The average molecular weight is 457 g/mol. The van der Waals surface area contributed by atoms with E-state index in [1.807, 2.05) is 0 Å². The smallest absolute Gasteiger partial charge is 0.404 e. The van der Waals surface area contributed by atoms with Crippen LogP contribution < -0.4 is 5.73 Å². The molecule has 3 aromatic rings. The largest absolute Gasteiger partial charge is 0.462 e. The van der Waals surface area contributed by atoms with Gasteiger partial charge in [0, 0.05) is 17.0 Å². The molecule has 0 bridgehead atoms. The van der Waals surface area contributed by atoms with Crippen molar-refractivity contribution in [3.8, 4) is 0 Å². The standard InChI is InChI=1S/C16H11ClF6N4OS/c1-6(29-14-26-11(17)3-12(24)27-14)9-2-7-8(5-28-10(7)4-25-9)13(15(18,19)20)16(21,22)23/h2-6,13H,1H3,(H2,24,26,27). The molecule has 2 N–H and O–H groups in total. The fraction of sp³-hybridized carbons (Fsp3) is 0.312. The minimum Gasteiger partial charge on any atom is -0.462 e. The van der Waals surface area contributed by atoms with Crippen molar-refractivity contribution in [3.63, 3.8) is 0 Å². The van der Waals surface area contributed by atoms with Gasteiger partial charge in [0.05, 0.1) is 23.4 Å². The van der Waals surface area contributed by atoms with Crippen molar-refractivity contribution in [3.05, 3.63) is 41.0 Å². The number of hydrogen-bond donors (Lipinski definition) is 1. The van der Waals surface area contributed by atoms with Crippen LogP contribution in [-0.2, 0) is 0 Å². The molecule has 13 heteroatoms. The third-order valence-corrected chi connectivity index (χ3v) is 5.05. The number of nitrogen functional groups attached to an aromatic ring is 1. The number of anilines is 1. The van der Waals surface area contributed by atoms with Gasteiger partial charge in [-0.15, -0.1) is 0 Å². The minimum absolute atomic E-state index is 0.0888. The highest BCUT2D eigenvalue weighted by Crippen LogP contribution is 2.49. The number of thioether (sulfide) groups is 1. The summed E-state index contributed by atoms with van der Waals surface area (Å²) in [5.74, 6) is -3.57. The van der Waals surface area contributed by atoms with E-state index in [4.69, 9.17) is 21.8 Å². The molecule has 0 saturated carbocycles. The topological polar surface area (TPSA) is 77.8 Å². The highest BCUT2D eigenvalue weighted by atomic mass is 35.5. The molecular weight excluding hydrogens is 446 g/mol. The van der Waals surface area contributed by atoms with E-state index in [0.29, 0.717) is 6.26 Å². The molecule has 156 valence electrons. The van der Waals surface area contributed by atoms with Crippen LogP contribution >= 0.6 is 23.4 Å². The molecular formula is C16H11ClF6N4OS. The minimum atomic E-state index is -5.54. The Morgan fingerprint density at radius 1 is 1.10 bits per heavy atom. The molecule has 0 amide bonds. The molecule has 3 heterocycles. The van der Waals surface area contributed by atoms with Crippen molar-refractivity contribution < 1.29 is 30.8 Å². The van der Waals surface area contributed by atoms with Crippen LogP contribution in [0, 0.1) is 0 Å². The van der Waals surface area contributed by atoms with E-state index in [1.54, 1.807) is 6.92 Å². The van der Waals surface area contributed by atoms with Crippen LogP contribution in [0.1, 0.15) is 29.3 Å². The lowest BCUT2D eigenvalue weighted by Crippen LogP contribution is -2.33. The Bertz CT molecular complexity index is 1000. The highest BCUT2D eigenvalue weighted by molar-refractivity contribution is 7.99. The first-order valence-corrected chi connectivity index (χ1v) is 9.09. The summed E-state index contributed by atoms with van der Waals surface area (Å²) in [6.07, 6.45) is -9.54. The highest BCUT2D eigenvalue weighted by Gasteiger charge is 2.58. The Hall–Kier alpha value is -2.21. The molecule has 0 saturated heterocycles. The second-order valence-corrected chi connectivity index (χ2v) is 7.67. The zero-order chi connectivity index (χ0) is 21.6. The van der Waals surface area contributed by atoms with E-state index in [1.165, 1.54) is 6.07 Å². The fourth-order valence-corrected chi connectivity index (χ4v) is 3.75. The summed E-state index contributed by atoms with van der Waals surface area (Å²) < 4.78 is 83.5. The molecule has 0 radical (unpaired) electrons. The lowest BCUT2D eigenvalue weighted by Gasteiger charge is -2.22. The predicted octanol–water partition coefficient (Wildman–Crippen LogP) is 5.91. The van der Waals surface area contributed by atoms with Gasteiger partial charge in [-0.3, -0.25) is 4.98 Å². The summed E-state index contributed by atoms with van der Waals surface area (Å²) in [5.41, 5.74) is 4.57. The first-order chi connectivity index (χ1) is 13.4. The zero-order valence-electron chi connectivity index (χ0n) is 14.3. The van der Waals surface area contributed by atoms with Gasteiger partial charge < -0.3 is 10.2 Å². The van der Waals surface area contributed by atoms with E-state index < -0.39 is 29.1 Å². The monoisotopic (exact) mass is 456 g/mol. The van der Waals surface area contributed by atoms with Gasteiger partial charge in [-0.05, 0) is 13.0 Å². The average Bonchev–Trinajstić information content (AvgIpc) is 2.94. The number of aromatic nitrogens is 3. The first kappa shape index (κ1) is 21.5. The molecule has 0 aromatic carbocycles. The van der Waals surface area contributed by atoms with Gasteiger partial charge in [0.2, 0.25) is 0 Å². The van der Waals surface area contributed by atoms with Gasteiger partial charge in [-0.25, -0.2) is 9.97 Å². The van der Waals surface area contributed by atoms with Crippen molar-refractivity contribution >= 4 is 40.1 Å². The molecule has 3 rings (SSSR count). The van der Waals surface area contributed by atoms with Gasteiger partial charge >= 0.3 is 12.4 Å². The summed E-state index contributed by atoms with van der Waals surface area (Å²) in [6.45, 7) is 1.63. The Morgan fingerprint density at radius 3 is 2.34 bits per heavy atom. The van der Waals surface area contributed by atoms with Crippen molar-refractivity contribution in [1.29, 1.82) is 0 Å². The Balaban J connectivity index is 2.00. The molecule has 5 nitrogen and oxygen atoms in total. The Morgan fingerprint density at radius 2 is 1.76 bits per heavy atom. The van der Waals surface area contributed by atoms with Crippen LogP contribution in [0.25, 0.3) is 11.0 Å². The first-order valence-electron chi connectivity index (χ1n) is 7.83. The number of nitrogens with two attached hydrogens (primary N) is 1. The van der Waals surface area contributed by atoms with Crippen molar-refractivity contribution in [2.24, 2.45) is 0 Å². The lowest BCUT2D eigenvalue weighted by atomic mass is 9.97. The van der Waals surface area contributed by atoms with Gasteiger partial charge in [0.25, 0.3) is 0 Å². The molecule has 1 atom stereocenters. The molecule has 0 aliphatic heterocycles. The van der Waals surface area contributed by atoms with E-state index >= 15 is 0 Å². The number of fused-ring (bicyclic) bond motifs is 1. The van der Waals surface area contributed by atoms with Crippen LogP contribution in [0.3, 0.4) is 0 Å². The van der Waals surface area contributed by atoms with Crippen LogP contribution in [0.2, 0.25) is 5.15 Å². The number of furan rings is 1. The third-order valence-electron chi connectivity index (χ3n) is 3.87. The fourth-order valence-electron chi connectivity index (χ4n) is 2.64. The lowest BCUT2D eigenvalue weighted by molar-refractivity contribution is -0.253. The number of halogens is 7. The van der Waals surface area contributed by atoms with Gasteiger partial charge in [-0.1, -0.05) is 23.4 Å². The maximum absolute atomic E-state index is 13.1. The Labute approximate surface area is 168 Å². The van der Waals surface area contributed by atoms with E-state index in [0.717, 1.165) is 24.0 Å². The van der Waals surface area contributed by atoms with Gasteiger partial charge in [0.15, 0.2) is 16.7 Å². The number of pyridine rings is 1. The van der Waals surface area contributed by atoms with Crippen LogP contribution in [0.15, 0.2) is 34.2 Å². The van der Waals surface area contributed by atoms with Crippen molar-refractivity contribution in [1.82, 2.24) is 15.0 Å². The van der Waals surface area contributed by atoms with Crippen molar-refractivity contribution in [2.45, 2.75) is 35.6 Å². The molecule has 0 fully saturated rings. The molecule has 0 aliphatic carbocycles. The summed E-state index contributed by atoms with van der Waals surface area (Å²) in [7, 11) is 0. The maximum Gasteiger partial charge on any atom is 0.404 e. The van der Waals surface area contributed by atoms with Crippen LogP contribution in [0.5, 0.6) is 0 Å². The summed E-state index contributed by atoms with van der Waals surface area (Å²) in [4.78, 5) is 12.0. The van der Waals surface area contributed by atoms with E-state index in [2.05, 4.69) is 15.0 Å². The number of hydrogen-bond acceptors (Lipinski definition) is 6. The normalized spacial score (nSPS) is 14.0. The number of nitrogens with zero attached hydrogens (tertiary/aromatic N) is 3. The molecule has 0 aliphatic rings.